The van der Waals surface area contributed by atoms with E-state index in [9.17, 15) is 22.8 Å². The zero-order chi connectivity index (χ0) is 25.3. The highest BCUT2D eigenvalue weighted by Crippen LogP contribution is 2.37. The van der Waals surface area contributed by atoms with Gasteiger partial charge in [0.2, 0.25) is 0 Å². The molecule has 36 heavy (non-hydrogen) atoms. The smallest absolute Gasteiger partial charge is 0.417 e. The Morgan fingerprint density at radius 3 is 2.58 bits per heavy atom. The molecule has 0 spiro atoms. The highest BCUT2D eigenvalue weighted by molar-refractivity contribution is 6.07. The molecule has 1 aliphatic heterocycles. The van der Waals surface area contributed by atoms with Crippen molar-refractivity contribution in [1.82, 2.24) is 9.97 Å². The molecule has 1 amide bonds. The first kappa shape index (κ1) is 23.5. The Hall–Kier alpha value is -4.25. The summed E-state index contributed by atoms with van der Waals surface area (Å²) >= 11 is 0. The molecule has 1 N–H and O–H groups in total. The maximum Gasteiger partial charge on any atom is 0.417 e. The van der Waals surface area contributed by atoms with Crippen LogP contribution in [0.1, 0.15) is 16.1 Å². The molecule has 11 heteroatoms. The molecule has 2 aromatic carbocycles. The Morgan fingerprint density at radius 2 is 1.81 bits per heavy atom. The molecule has 1 saturated heterocycles. The molecule has 0 aliphatic carbocycles. The molecule has 3 heterocycles. The summed E-state index contributed by atoms with van der Waals surface area (Å²) in [6.45, 7) is 2.28. The number of ether oxygens (including phenoxy) is 1. The molecule has 8 nitrogen and oxygen atoms in total. The lowest BCUT2D eigenvalue weighted by Gasteiger charge is -2.27. The number of para-hydroxylation sites is 1. The molecule has 0 saturated carbocycles. The highest BCUT2D eigenvalue weighted by Gasteiger charge is 2.34. The molecule has 0 unspecified atom stereocenters. The van der Waals surface area contributed by atoms with Crippen molar-refractivity contribution in [1.29, 1.82) is 0 Å². The maximum atomic E-state index is 13.6. The van der Waals surface area contributed by atoms with Crippen molar-refractivity contribution in [3.63, 3.8) is 0 Å². The topological polar surface area (TPSA) is 97.6 Å². The van der Waals surface area contributed by atoms with E-state index in [0.29, 0.717) is 32.1 Å². The van der Waals surface area contributed by atoms with Gasteiger partial charge in [-0.05, 0) is 18.2 Å². The van der Waals surface area contributed by atoms with E-state index in [0.717, 1.165) is 12.1 Å². The standard InChI is InChI=1S/C25H19F3N4O4/c26-25(27,28)17-6-2-1-4-15(17)21-12-20(33)16-5-3-7-18(23(16)36-21)31-24(34)19-13-29-14-22(30-19)32-8-10-35-11-9-32/h1-7,12-14H,8-11H2,(H,31,34). The monoisotopic (exact) mass is 496 g/mol. The largest absolute Gasteiger partial charge is 0.454 e. The Balaban J connectivity index is 1.52. The third kappa shape index (κ3) is 4.65. The summed E-state index contributed by atoms with van der Waals surface area (Å²) in [5.41, 5.74) is -1.69. The zero-order valence-corrected chi connectivity index (χ0v) is 18.7. The summed E-state index contributed by atoms with van der Waals surface area (Å²) < 4.78 is 51.8. The first-order valence-corrected chi connectivity index (χ1v) is 11.0. The van der Waals surface area contributed by atoms with Gasteiger partial charge in [-0.25, -0.2) is 4.98 Å². The fourth-order valence-electron chi connectivity index (χ4n) is 3.95. The molecule has 2 aromatic heterocycles. The van der Waals surface area contributed by atoms with Crippen molar-refractivity contribution in [2.24, 2.45) is 0 Å². The second kappa shape index (κ2) is 9.42. The summed E-state index contributed by atoms with van der Waals surface area (Å²) in [6, 6.07) is 10.3. The molecule has 1 fully saturated rings. The molecule has 0 bridgehead atoms. The number of nitrogens with zero attached hydrogens (tertiary/aromatic N) is 3. The lowest BCUT2D eigenvalue weighted by Crippen LogP contribution is -2.37. The van der Waals surface area contributed by atoms with Crippen molar-refractivity contribution < 1.29 is 27.1 Å². The molecule has 4 aromatic rings. The second-order valence-electron chi connectivity index (χ2n) is 8.02. The van der Waals surface area contributed by atoms with E-state index in [2.05, 4.69) is 15.3 Å². The van der Waals surface area contributed by atoms with Gasteiger partial charge in [-0.2, -0.15) is 13.2 Å². The number of hydrogen-bond donors (Lipinski definition) is 1. The summed E-state index contributed by atoms with van der Waals surface area (Å²) in [7, 11) is 0. The van der Waals surface area contributed by atoms with E-state index in [1.807, 2.05) is 4.90 Å². The summed E-state index contributed by atoms with van der Waals surface area (Å²) in [6.07, 6.45) is -1.81. The van der Waals surface area contributed by atoms with Gasteiger partial charge in [0.05, 0.1) is 42.2 Å². The molecular weight excluding hydrogens is 477 g/mol. The van der Waals surface area contributed by atoms with Crippen LogP contribution in [0.5, 0.6) is 0 Å². The van der Waals surface area contributed by atoms with Gasteiger partial charge >= 0.3 is 6.18 Å². The van der Waals surface area contributed by atoms with Crippen LogP contribution in [0.15, 0.2) is 70.1 Å². The number of hydrogen-bond acceptors (Lipinski definition) is 7. The van der Waals surface area contributed by atoms with Crippen LogP contribution in [-0.2, 0) is 10.9 Å². The van der Waals surface area contributed by atoms with Gasteiger partial charge < -0.3 is 19.4 Å². The van der Waals surface area contributed by atoms with Gasteiger partial charge in [0.25, 0.3) is 5.91 Å². The predicted molar refractivity (Wildman–Crippen MR) is 126 cm³/mol. The van der Waals surface area contributed by atoms with Gasteiger partial charge in [0.1, 0.15) is 17.3 Å². The van der Waals surface area contributed by atoms with Crippen molar-refractivity contribution in [2.45, 2.75) is 6.18 Å². The molecular formula is C25H19F3N4O4. The number of fused-ring (bicyclic) bond motifs is 1. The van der Waals surface area contributed by atoms with E-state index in [-0.39, 0.29) is 33.7 Å². The molecule has 0 radical (unpaired) electrons. The van der Waals surface area contributed by atoms with Gasteiger partial charge in [0, 0.05) is 24.7 Å². The minimum Gasteiger partial charge on any atom is -0.454 e. The summed E-state index contributed by atoms with van der Waals surface area (Å²) in [4.78, 5) is 36.2. The van der Waals surface area contributed by atoms with Gasteiger partial charge in [-0.1, -0.05) is 24.3 Å². The van der Waals surface area contributed by atoms with Crippen LogP contribution in [0.25, 0.3) is 22.3 Å². The summed E-state index contributed by atoms with van der Waals surface area (Å²) in [5.74, 6) is -0.369. The van der Waals surface area contributed by atoms with Crippen LogP contribution in [0.3, 0.4) is 0 Å². The van der Waals surface area contributed by atoms with Crippen LogP contribution in [0.2, 0.25) is 0 Å². The highest BCUT2D eigenvalue weighted by atomic mass is 19.4. The van der Waals surface area contributed by atoms with E-state index in [1.54, 1.807) is 6.20 Å². The lowest BCUT2D eigenvalue weighted by atomic mass is 10.0. The fraction of sp³-hybridized carbons (Fsp3) is 0.200. The average Bonchev–Trinajstić information content (AvgIpc) is 2.89. The van der Waals surface area contributed by atoms with Gasteiger partial charge in [-0.3, -0.25) is 14.6 Å². The number of rotatable bonds is 4. The number of anilines is 2. The minimum atomic E-state index is -4.65. The van der Waals surface area contributed by atoms with Crippen LogP contribution in [0, 0.1) is 0 Å². The number of nitrogens with one attached hydrogen (secondary N) is 1. The first-order chi connectivity index (χ1) is 17.3. The Labute approximate surface area is 202 Å². The van der Waals surface area contributed by atoms with E-state index in [4.69, 9.17) is 9.15 Å². The fourth-order valence-corrected chi connectivity index (χ4v) is 3.95. The quantitative estimate of drug-likeness (QED) is 0.448. The van der Waals surface area contributed by atoms with Gasteiger partial charge in [-0.15, -0.1) is 0 Å². The van der Waals surface area contributed by atoms with Crippen molar-refractivity contribution in [3.05, 3.63) is 82.4 Å². The molecule has 5 rings (SSSR count). The number of alkyl halides is 3. The van der Waals surface area contributed by atoms with Crippen LogP contribution in [-0.4, -0.2) is 42.2 Å². The van der Waals surface area contributed by atoms with E-state index in [1.165, 1.54) is 42.6 Å². The van der Waals surface area contributed by atoms with Crippen molar-refractivity contribution >= 4 is 28.4 Å². The number of benzene rings is 2. The number of amides is 1. The zero-order valence-electron chi connectivity index (χ0n) is 18.7. The number of halogens is 3. The third-order valence-corrected chi connectivity index (χ3v) is 5.69. The lowest BCUT2D eigenvalue weighted by molar-refractivity contribution is -0.137. The molecule has 0 atom stereocenters. The average molecular weight is 496 g/mol. The van der Waals surface area contributed by atoms with Crippen molar-refractivity contribution in [2.75, 3.05) is 36.5 Å². The Bertz CT molecular complexity index is 1500. The second-order valence-corrected chi connectivity index (χ2v) is 8.02. The molecule has 184 valence electrons. The number of carbonyl (C=O) groups excluding carboxylic acids is 1. The van der Waals surface area contributed by atoms with Gasteiger partial charge in [0.15, 0.2) is 11.0 Å². The summed E-state index contributed by atoms with van der Waals surface area (Å²) in [5, 5.41) is 2.75. The van der Waals surface area contributed by atoms with Crippen LogP contribution >= 0.6 is 0 Å². The SMILES string of the molecule is O=C(Nc1cccc2c(=O)cc(-c3ccccc3C(F)(F)F)oc12)c1cncc(N2CCOCC2)n1. The third-order valence-electron chi connectivity index (χ3n) is 5.69. The van der Waals surface area contributed by atoms with E-state index >= 15 is 0 Å². The normalized spacial score (nSPS) is 14.1. The number of carbonyl (C=O) groups is 1. The van der Waals surface area contributed by atoms with Crippen LogP contribution < -0.4 is 15.6 Å². The number of morpholine rings is 1. The first-order valence-electron chi connectivity index (χ1n) is 11.0. The number of aromatic nitrogens is 2. The van der Waals surface area contributed by atoms with Crippen LogP contribution in [0.4, 0.5) is 24.7 Å². The Morgan fingerprint density at radius 1 is 1.03 bits per heavy atom. The predicted octanol–water partition coefficient (Wildman–Crippen LogP) is 4.36. The van der Waals surface area contributed by atoms with Crippen molar-refractivity contribution in [3.8, 4) is 11.3 Å². The maximum absolute atomic E-state index is 13.6. The Kier molecular flexibility index (Phi) is 6.15. The molecule has 1 aliphatic rings. The van der Waals surface area contributed by atoms with E-state index < -0.39 is 23.1 Å². The minimum absolute atomic E-state index is 0.0249.